The quantitative estimate of drug-likeness (QED) is 0.500. The minimum absolute atomic E-state index is 0.0402. The Hall–Kier alpha value is -3.07. The second-order valence-electron chi connectivity index (χ2n) is 7.40. The molecule has 3 heteroatoms. The number of H-pyrrole nitrogens is 1. The lowest BCUT2D eigenvalue weighted by Gasteiger charge is -2.08. The van der Waals surface area contributed by atoms with Gasteiger partial charge in [0.2, 0.25) is 5.91 Å². The number of hydrogen-bond donors (Lipinski definition) is 2. The van der Waals surface area contributed by atoms with Gasteiger partial charge < -0.3 is 10.3 Å². The standard InChI is InChI=1S/C24H24N2O/c1-16(2)19-10-7-17(8-11-19)15-25-24(27)14-18-9-12-21-20-5-3-4-6-22(20)26-23(21)13-18/h3-13,16,26H,14-15H2,1-2H3,(H,25,27). The highest BCUT2D eigenvalue weighted by Crippen LogP contribution is 2.26. The molecule has 136 valence electrons. The number of aromatic nitrogens is 1. The van der Waals surface area contributed by atoms with Crippen LogP contribution in [0.1, 0.15) is 36.5 Å². The Bertz CT molecular complexity index is 1090. The summed E-state index contributed by atoms with van der Waals surface area (Å²) in [5, 5.41) is 5.43. The van der Waals surface area contributed by atoms with E-state index in [1.54, 1.807) is 0 Å². The molecule has 4 aromatic rings. The van der Waals surface area contributed by atoms with E-state index in [2.05, 4.69) is 72.7 Å². The second-order valence-corrected chi connectivity index (χ2v) is 7.40. The maximum atomic E-state index is 12.3. The van der Waals surface area contributed by atoms with Crippen LogP contribution in [0, 0.1) is 0 Å². The maximum absolute atomic E-state index is 12.3. The summed E-state index contributed by atoms with van der Waals surface area (Å²) >= 11 is 0. The first-order valence-electron chi connectivity index (χ1n) is 9.45. The van der Waals surface area contributed by atoms with Crippen LogP contribution in [0.5, 0.6) is 0 Å². The summed E-state index contributed by atoms with van der Waals surface area (Å²) in [6, 6.07) is 22.9. The normalized spacial score (nSPS) is 11.4. The number of amides is 1. The third-order valence-corrected chi connectivity index (χ3v) is 5.07. The summed E-state index contributed by atoms with van der Waals surface area (Å²) in [6.45, 7) is 4.92. The number of hydrogen-bond acceptors (Lipinski definition) is 1. The van der Waals surface area contributed by atoms with Crippen LogP contribution in [0.4, 0.5) is 0 Å². The highest BCUT2D eigenvalue weighted by molar-refractivity contribution is 6.07. The van der Waals surface area contributed by atoms with Gasteiger partial charge in [-0.25, -0.2) is 0 Å². The molecule has 0 aliphatic carbocycles. The van der Waals surface area contributed by atoms with E-state index in [4.69, 9.17) is 0 Å². The molecule has 0 fully saturated rings. The van der Waals surface area contributed by atoms with Gasteiger partial charge in [-0.2, -0.15) is 0 Å². The molecule has 1 aromatic heterocycles. The average molecular weight is 356 g/mol. The van der Waals surface area contributed by atoms with Crippen LogP contribution in [0.3, 0.4) is 0 Å². The van der Waals surface area contributed by atoms with Crippen molar-refractivity contribution in [1.29, 1.82) is 0 Å². The molecule has 0 spiro atoms. The zero-order chi connectivity index (χ0) is 18.8. The van der Waals surface area contributed by atoms with Gasteiger partial charge in [0.05, 0.1) is 6.42 Å². The first-order valence-corrected chi connectivity index (χ1v) is 9.45. The second kappa shape index (κ2) is 7.28. The molecule has 0 saturated carbocycles. The smallest absolute Gasteiger partial charge is 0.224 e. The highest BCUT2D eigenvalue weighted by atomic mass is 16.1. The van der Waals surface area contributed by atoms with Crippen LogP contribution in [0.15, 0.2) is 66.7 Å². The van der Waals surface area contributed by atoms with E-state index in [1.807, 2.05) is 18.2 Å². The van der Waals surface area contributed by atoms with E-state index in [0.717, 1.165) is 22.2 Å². The first kappa shape index (κ1) is 17.3. The Morgan fingerprint density at radius 2 is 1.59 bits per heavy atom. The number of carbonyl (C=O) groups is 1. The van der Waals surface area contributed by atoms with E-state index in [-0.39, 0.29) is 5.91 Å². The van der Waals surface area contributed by atoms with Crippen molar-refractivity contribution in [2.45, 2.75) is 32.7 Å². The van der Waals surface area contributed by atoms with Gasteiger partial charge in [-0.3, -0.25) is 4.79 Å². The molecule has 1 amide bonds. The molecular weight excluding hydrogens is 332 g/mol. The summed E-state index contributed by atoms with van der Waals surface area (Å²) in [4.78, 5) is 15.8. The Kier molecular flexibility index (Phi) is 4.68. The fourth-order valence-corrected chi connectivity index (χ4v) is 3.48. The number of nitrogens with one attached hydrogen (secondary N) is 2. The molecule has 27 heavy (non-hydrogen) atoms. The fourth-order valence-electron chi connectivity index (χ4n) is 3.48. The number of para-hydroxylation sites is 1. The monoisotopic (exact) mass is 356 g/mol. The van der Waals surface area contributed by atoms with Crippen molar-refractivity contribution in [3.63, 3.8) is 0 Å². The Labute approximate surface area is 159 Å². The topological polar surface area (TPSA) is 44.9 Å². The molecule has 0 bridgehead atoms. The van der Waals surface area contributed by atoms with Crippen LogP contribution >= 0.6 is 0 Å². The highest BCUT2D eigenvalue weighted by Gasteiger charge is 2.08. The summed E-state index contributed by atoms with van der Waals surface area (Å²) in [5.41, 5.74) is 5.65. The molecule has 0 atom stereocenters. The molecule has 0 aliphatic heterocycles. The molecular formula is C24H24N2O. The lowest BCUT2D eigenvalue weighted by molar-refractivity contribution is -0.120. The van der Waals surface area contributed by atoms with Crippen LogP contribution in [-0.4, -0.2) is 10.9 Å². The predicted octanol–water partition coefficient (Wildman–Crippen LogP) is 5.30. The largest absolute Gasteiger partial charge is 0.355 e. The van der Waals surface area contributed by atoms with Gasteiger partial charge in [0.25, 0.3) is 0 Å². The Morgan fingerprint density at radius 1 is 0.889 bits per heavy atom. The van der Waals surface area contributed by atoms with Crippen LogP contribution in [0.2, 0.25) is 0 Å². The third-order valence-electron chi connectivity index (χ3n) is 5.07. The third kappa shape index (κ3) is 3.72. The molecule has 0 aliphatic rings. The molecule has 4 rings (SSSR count). The molecule has 0 radical (unpaired) electrons. The number of benzene rings is 3. The van der Waals surface area contributed by atoms with Gasteiger partial charge in [0, 0.05) is 28.4 Å². The fraction of sp³-hybridized carbons (Fsp3) is 0.208. The van der Waals surface area contributed by atoms with Crippen molar-refractivity contribution in [2.75, 3.05) is 0 Å². The molecule has 3 aromatic carbocycles. The van der Waals surface area contributed by atoms with E-state index in [0.29, 0.717) is 18.9 Å². The van der Waals surface area contributed by atoms with Gasteiger partial charge in [-0.05, 0) is 34.7 Å². The molecule has 1 heterocycles. The van der Waals surface area contributed by atoms with Crippen molar-refractivity contribution in [3.05, 3.63) is 83.4 Å². The van der Waals surface area contributed by atoms with Crippen molar-refractivity contribution < 1.29 is 4.79 Å². The summed E-state index contributed by atoms with van der Waals surface area (Å²) in [5.74, 6) is 0.562. The van der Waals surface area contributed by atoms with Crippen molar-refractivity contribution in [1.82, 2.24) is 10.3 Å². The average Bonchev–Trinajstić information content (AvgIpc) is 3.04. The van der Waals surface area contributed by atoms with Crippen LogP contribution in [-0.2, 0) is 17.8 Å². The van der Waals surface area contributed by atoms with Crippen LogP contribution < -0.4 is 5.32 Å². The minimum Gasteiger partial charge on any atom is -0.355 e. The summed E-state index contributed by atoms with van der Waals surface area (Å²) in [6.07, 6.45) is 0.384. The van der Waals surface area contributed by atoms with Crippen LogP contribution in [0.25, 0.3) is 21.8 Å². The van der Waals surface area contributed by atoms with E-state index >= 15 is 0 Å². The van der Waals surface area contributed by atoms with Gasteiger partial charge in [-0.15, -0.1) is 0 Å². The summed E-state index contributed by atoms with van der Waals surface area (Å²) in [7, 11) is 0. The Balaban J connectivity index is 1.42. The lowest BCUT2D eigenvalue weighted by Crippen LogP contribution is -2.24. The number of carbonyl (C=O) groups excluding carboxylic acids is 1. The summed E-state index contributed by atoms with van der Waals surface area (Å²) < 4.78 is 0. The van der Waals surface area contributed by atoms with Crippen molar-refractivity contribution in [2.24, 2.45) is 0 Å². The van der Waals surface area contributed by atoms with Crippen molar-refractivity contribution in [3.8, 4) is 0 Å². The van der Waals surface area contributed by atoms with E-state index < -0.39 is 0 Å². The van der Waals surface area contributed by atoms with Crippen molar-refractivity contribution >= 4 is 27.7 Å². The molecule has 0 unspecified atom stereocenters. The van der Waals surface area contributed by atoms with E-state index in [9.17, 15) is 4.79 Å². The van der Waals surface area contributed by atoms with Gasteiger partial charge >= 0.3 is 0 Å². The molecule has 3 nitrogen and oxygen atoms in total. The maximum Gasteiger partial charge on any atom is 0.224 e. The zero-order valence-electron chi connectivity index (χ0n) is 15.8. The Morgan fingerprint density at radius 3 is 2.37 bits per heavy atom. The molecule has 2 N–H and O–H groups in total. The lowest BCUT2D eigenvalue weighted by atomic mass is 10.0. The first-order chi connectivity index (χ1) is 13.1. The predicted molar refractivity (Wildman–Crippen MR) is 112 cm³/mol. The number of rotatable bonds is 5. The SMILES string of the molecule is CC(C)c1ccc(CNC(=O)Cc2ccc3c(c2)[nH]c2ccccc23)cc1. The number of fused-ring (bicyclic) bond motifs is 3. The van der Waals surface area contributed by atoms with Gasteiger partial charge in [0.1, 0.15) is 0 Å². The van der Waals surface area contributed by atoms with E-state index in [1.165, 1.54) is 16.3 Å². The molecule has 0 saturated heterocycles. The van der Waals surface area contributed by atoms with Gasteiger partial charge in [0.15, 0.2) is 0 Å². The minimum atomic E-state index is 0.0402. The van der Waals surface area contributed by atoms with Gasteiger partial charge in [-0.1, -0.05) is 68.4 Å². The zero-order valence-corrected chi connectivity index (χ0v) is 15.8. The number of aromatic amines is 1.